The van der Waals surface area contributed by atoms with Gasteiger partial charge in [0.2, 0.25) is 11.8 Å². The number of ketones is 2. The highest BCUT2D eigenvalue weighted by atomic mass is 16.5. The zero-order valence-electron chi connectivity index (χ0n) is 19.7. The third kappa shape index (κ3) is 5.37. The van der Waals surface area contributed by atoms with E-state index in [-0.39, 0.29) is 41.9 Å². The van der Waals surface area contributed by atoms with Crippen LogP contribution in [0.4, 0.5) is 0 Å². The molecule has 10 nitrogen and oxygen atoms in total. The molecule has 4 amide bonds. The van der Waals surface area contributed by atoms with E-state index in [1.54, 1.807) is 18.2 Å². The van der Waals surface area contributed by atoms with Gasteiger partial charge in [0.1, 0.15) is 6.04 Å². The summed E-state index contributed by atoms with van der Waals surface area (Å²) in [7, 11) is 1.40. The van der Waals surface area contributed by atoms with Crippen molar-refractivity contribution in [2.75, 3.05) is 7.11 Å². The maximum absolute atomic E-state index is 12.9. The number of phenolic OH excluding ortho intramolecular Hbond substituents is 1. The van der Waals surface area contributed by atoms with Gasteiger partial charge in [0.25, 0.3) is 11.8 Å². The maximum Gasteiger partial charge on any atom is 0.262 e. The minimum absolute atomic E-state index is 0.0248. The molecule has 0 saturated carbocycles. The third-order valence-corrected chi connectivity index (χ3v) is 5.94. The molecule has 188 valence electrons. The van der Waals surface area contributed by atoms with E-state index in [0.717, 1.165) is 4.90 Å². The van der Waals surface area contributed by atoms with Crippen LogP contribution in [0.2, 0.25) is 0 Å². The first kappa shape index (κ1) is 25.2. The highest BCUT2D eigenvalue weighted by Gasteiger charge is 2.44. The van der Waals surface area contributed by atoms with Crippen LogP contribution in [0.3, 0.4) is 0 Å². The van der Waals surface area contributed by atoms with Gasteiger partial charge in [-0.2, -0.15) is 0 Å². The Morgan fingerprint density at radius 3 is 2.24 bits per heavy atom. The van der Waals surface area contributed by atoms with Crippen LogP contribution in [-0.2, 0) is 19.2 Å². The molecule has 0 aromatic heterocycles. The molecular formula is C27H22N2O8. The van der Waals surface area contributed by atoms with Crippen molar-refractivity contribution in [1.82, 2.24) is 10.2 Å². The van der Waals surface area contributed by atoms with Crippen LogP contribution >= 0.6 is 0 Å². The number of rotatable bonds is 8. The SMILES string of the molecule is COc1cc(/C=C/C(=O)CC(=O)/C=C/c2ccc3c(c2)C(=O)N(C2CCC(=O)NC2=O)C3=O)ccc1O. The van der Waals surface area contributed by atoms with E-state index in [9.17, 15) is 33.9 Å². The number of benzene rings is 2. The Balaban J connectivity index is 1.40. The number of carbonyl (C=O) groups excluding carboxylic acids is 6. The van der Waals surface area contributed by atoms with Gasteiger partial charge in [-0.25, -0.2) is 0 Å². The number of aromatic hydroxyl groups is 1. The number of nitrogens with zero attached hydrogens (tertiary/aromatic N) is 1. The minimum atomic E-state index is -1.06. The zero-order valence-corrected chi connectivity index (χ0v) is 19.7. The number of nitrogens with one attached hydrogen (secondary N) is 1. The Labute approximate surface area is 211 Å². The molecule has 4 rings (SSSR count). The number of phenols is 1. The largest absolute Gasteiger partial charge is 0.504 e. The van der Waals surface area contributed by atoms with E-state index in [0.29, 0.717) is 11.1 Å². The smallest absolute Gasteiger partial charge is 0.262 e. The van der Waals surface area contributed by atoms with Crippen molar-refractivity contribution in [2.45, 2.75) is 25.3 Å². The number of amides is 4. The van der Waals surface area contributed by atoms with Crippen LogP contribution in [0.5, 0.6) is 11.5 Å². The molecular weight excluding hydrogens is 480 g/mol. The highest BCUT2D eigenvalue weighted by Crippen LogP contribution is 2.29. The van der Waals surface area contributed by atoms with Gasteiger partial charge in [0.05, 0.1) is 24.7 Å². The van der Waals surface area contributed by atoms with E-state index in [1.165, 1.54) is 49.6 Å². The molecule has 1 fully saturated rings. The lowest BCUT2D eigenvalue weighted by Gasteiger charge is -2.27. The minimum Gasteiger partial charge on any atom is -0.504 e. The van der Waals surface area contributed by atoms with E-state index >= 15 is 0 Å². The van der Waals surface area contributed by atoms with E-state index in [1.807, 2.05) is 0 Å². The summed E-state index contributed by atoms with van der Waals surface area (Å²) in [5.41, 5.74) is 1.28. The Kier molecular flexibility index (Phi) is 7.10. The number of ether oxygens (including phenoxy) is 1. The van der Waals surface area contributed by atoms with Gasteiger partial charge in [-0.3, -0.25) is 39.0 Å². The standard InChI is InChI=1S/C27H22N2O8/c1-37-23-13-16(5-10-22(23)32)3-7-18(31)14-17(30)6-2-15-4-8-19-20(12-15)27(36)29(26(19)35)21-9-11-24(33)28-25(21)34/h2-8,10,12-13,21,32H,9,11,14H2,1H3,(H,28,33,34)/b6-2+,7-3+. The van der Waals surface area contributed by atoms with Crippen molar-refractivity contribution in [3.8, 4) is 11.5 Å². The third-order valence-electron chi connectivity index (χ3n) is 5.94. The predicted molar refractivity (Wildman–Crippen MR) is 130 cm³/mol. The summed E-state index contributed by atoms with van der Waals surface area (Å²) in [6.07, 6.45) is 5.08. The zero-order chi connectivity index (χ0) is 26.7. The second-order valence-corrected chi connectivity index (χ2v) is 8.46. The van der Waals surface area contributed by atoms with Crippen molar-refractivity contribution in [2.24, 2.45) is 0 Å². The highest BCUT2D eigenvalue weighted by molar-refractivity contribution is 6.23. The van der Waals surface area contributed by atoms with Crippen LogP contribution in [0, 0.1) is 0 Å². The van der Waals surface area contributed by atoms with Crippen LogP contribution in [0.15, 0.2) is 48.6 Å². The van der Waals surface area contributed by atoms with Crippen molar-refractivity contribution < 1.29 is 38.6 Å². The molecule has 10 heteroatoms. The average Bonchev–Trinajstić information content (AvgIpc) is 3.11. The second kappa shape index (κ2) is 10.4. The molecule has 2 aliphatic rings. The normalized spacial score (nSPS) is 17.4. The van der Waals surface area contributed by atoms with Crippen LogP contribution in [0.25, 0.3) is 12.2 Å². The van der Waals surface area contributed by atoms with Gasteiger partial charge in [-0.15, -0.1) is 0 Å². The van der Waals surface area contributed by atoms with Crippen molar-refractivity contribution >= 4 is 47.3 Å². The van der Waals surface area contributed by atoms with E-state index < -0.39 is 41.2 Å². The van der Waals surface area contributed by atoms with Crippen molar-refractivity contribution in [3.63, 3.8) is 0 Å². The number of imide groups is 2. The number of carbonyl (C=O) groups is 6. The van der Waals surface area contributed by atoms with Crippen LogP contribution in [0.1, 0.15) is 51.1 Å². The van der Waals surface area contributed by atoms with Gasteiger partial charge in [-0.1, -0.05) is 24.3 Å². The lowest BCUT2D eigenvalue weighted by Crippen LogP contribution is -2.54. The van der Waals surface area contributed by atoms with E-state index in [2.05, 4.69) is 5.32 Å². The number of allylic oxidation sites excluding steroid dienone is 2. The molecule has 1 unspecified atom stereocenters. The van der Waals surface area contributed by atoms with Gasteiger partial charge in [0.15, 0.2) is 23.1 Å². The molecule has 2 aromatic rings. The first-order valence-electron chi connectivity index (χ1n) is 11.3. The molecule has 37 heavy (non-hydrogen) atoms. The Morgan fingerprint density at radius 1 is 0.973 bits per heavy atom. The fourth-order valence-corrected chi connectivity index (χ4v) is 4.06. The fourth-order valence-electron chi connectivity index (χ4n) is 4.06. The topological polar surface area (TPSA) is 147 Å². The summed E-state index contributed by atoms with van der Waals surface area (Å²) in [5.74, 6) is -3.10. The summed E-state index contributed by atoms with van der Waals surface area (Å²) >= 11 is 0. The van der Waals surface area contributed by atoms with Gasteiger partial charge in [-0.05, 0) is 54.0 Å². The summed E-state index contributed by atoms with van der Waals surface area (Å²) in [5, 5.41) is 11.8. The predicted octanol–water partition coefficient (Wildman–Crippen LogP) is 2.06. The number of hydrogen-bond donors (Lipinski definition) is 2. The monoisotopic (exact) mass is 502 g/mol. The molecule has 0 bridgehead atoms. The van der Waals surface area contributed by atoms with Gasteiger partial charge >= 0.3 is 0 Å². The molecule has 2 heterocycles. The van der Waals surface area contributed by atoms with Gasteiger partial charge in [0, 0.05) is 6.42 Å². The number of methoxy groups -OCH3 is 1. The Bertz CT molecular complexity index is 1410. The summed E-state index contributed by atoms with van der Waals surface area (Å²) in [4.78, 5) is 74.5. The first-order valence-corrected chi connectivity index (χ1v) is 11.3. The lowest BCUT2D eigenvalue weighted by molar-refractivity contribution is -0.136. The molecule has 0 aliphatic carbocycles. The van der Waals surface area contributed by atoms with Crippen LogP contribution in [-0.4, -0.2) is 58.4 Å². The Hall–Kier alpha value is -4.86. The molecule has 2 aromatic carbocycles. The second-order valence-electron chi connectivity index (χ2n) is 8.46. The summed E-state index contributed by atoms with van der Waals surface area (Å²) < 4.78 is 5.01. The number of fused-ring (bicyclic) bond motifs is 1. The fraction of sp³-hybridized carbons (Fsp3) is 0.185. The van der Waals surface area contributed by atoms with Crippen molar-refractivity contribution in [3.05, 3.63) is 70.8 Å². The molecule has 2 N–H and O–H groups in total. The molecule has 2 aliphatic heterocycles. The van der Waals surface area contributed by atoms with Gasteiger partial charge < -0.3 is 9.84 Å². The molecule has 0 spiro atoms. The first-order chi connectivity index (χ1) is 17.7. The van der Waals surface area contributed by atoms with Crippen LogP contribution < -0.4 is 10.1 Å². The summed E-state index contributed by atoms with van der Waals surface area (Å²) in [6, 6.07) is 7.91. The lowest BCUT2D eigenvalue weighted by atomic mass is 10.0. The Morgan fingerprint density at radius 2 is 1.59 bits per heavy atom. The number of hydrogen-bond acceptors (Lipinski definition) is 8. The van der Waals surface area contributed by atoms with Crippen molar-refractivity contribution in [1.29, 1.82) is 0 Å². The maximum atomic E-state index is 12.9. The number of piperidine rings is 1. The quantitative estimate of drug-likeness (QED) is 0.317. The average molecular weight is 502 g/mol. The van der Waals surface area contributed by atoms with E-state index in [4.69, 9.17) is 4.74 Å². The molecule has 0 radical (unpaired) electrons. The molecule has 1 saturated heterocycles. The summed E-state index contributed by atoms with van der Waals surface area (Å²) in [6.45, 7) is 0. The molecule has 1 atom stereocenters.